The van der Waals surface area contributed by atoms with Gasteiger partial charge in [0.25, 0.3) is 0 Å². The SMILES string of the molecule is CC(=O)Nc1cc2ccc1C1=C(O)/C(=c3\cc/c(cc3NC(C)=O)=[N+](/C)CCOCc3ccc(cc3)COCC/[N+](C)=c3\cc/c(c(NC(C)=O)c3)=C3/C(=O)C(=C3O)c3ccc(cc3NC(C)=O)N(C)CCOCc3ccc(cc3)COCCN2C)C1=O. The summed E-state index contributed by atoms with van der Waals surface area (Å²) in [6, 6.07) is 36.9. The van der Waals surface area contributed by atoms with Crippen molar-refractivity contribution in [2.45, 2.75) is 54.1 Å². The van der Waals surface area contributed by atoms with Crippen molar-refractivity contribution in [2.24, 2.45) is 0 Å². The first-order chi connectivity index (χ1) is 42.2. The van der Waals surface area contributed by atoms with Crippen molar-refractivity contribution < 1.29 is 57.9 Å². The van der Waals surface area contributed by atoms with Crippen LogP contribution < -0.4 is 61.4 Å². The molecule has 16 bridgehead atoms. The molecule has 6 aromatic rings. The summed E-state index contributed by atoms with van der Waals surface area (Å²) in [6.45, 7) is 10.4. The van der Waals surface area contributed by atoms with E-state index in [0.717, 1.165) is 44.3 Å². The Morgan fingerprint density at radius 3 is 1.06 bits per heavy atom. The number of hydrogen-bond acceptors (Lipinski definition) is 14. The summed E-state index contributed by atoms with van der Waals surface area (Å²) in [5, 5.41) is 36.7. The van der Waals surface area contributed by atoms with Gasteiger partial charge in [-0.05, 0) is 70.8 Å². The van der Waals surface area contributed by atoms with Crippen molar-refractivity contribution in [1.29, 1.82) is 0 Å². The van der Waals surface area contributed by atoms with Crippen LogP contribution in [0.5, 0.6) is 0 Å². The third-order valence-electron chi connectivity index (χ3n) is 15.4. The van der Waals surface area contributed by atoms with E-state index < -0.39 is 11.6 Å². The van der Waals surface area contributed by atoms with E-state index in [1.807, 2.05) is 120 Å². The molecule has 0 spiro atoms. The third kappa shape index (κ3) is 15.0. The third-order valence-corrected chi connectivity index (χ3v) is 15.4. The minimum atomic E-state index is -0.443. The predicted molar refractivity (Wildman–Crippen MR) is 340 cm³/mol. The van der Waals surface area contributed by atoms with Gasteiger partial charge < -0.3 is 60.2 Å². The molecule has 0 radical (unpaired) electrons. The number of Topliss-reactive ketones (excluding diaryl/α,β-unsaturated/α-hetero) is 2. The molecule has 0 saturated carbocycles. The molecule has 0 unspecified atom stereocenters. The van der Waals surface area contributed by atoms with Crippen LogP contribution in [0.25, 0.3) is 22.3 Å². The Hall–Kier alpha value is -9.60. The van der Waals surface area contributed by atoms with E-state index in [4.69, 9.17) is 18.9 Å². The van der Waals surface area contributed by atoms with Crippen molar-refractivity contribution in [3.8, 4) is 0 Å². The van der Waals surface area contributed by atoms with Gasteiger partial charge in [-0.1, -0.05) is 48.5 Å². The maximum atomic E-state index is 14.1. The van der Waals surface area contributed by atoms with Crippen LogP contribution in [0.2, 0.25) is 0 Å². The van der Waals surface area contributed by atoms with E-state index in [0.29, 0.717) is 123 Å². The van der Waals surface area contributed by atoms with E-state index >= 15 is 0 Å². The van der Waals surface area contributed by atoms with Crippen LogP contribution in [0.15, 0.2) is 133 Å². The van der Waals surface area contributed by atoms with Crippen LogP contribution in [-0.2, 0) is 74.1 Å². The molecule has 30 rings (SSSR count). The number of ether oxygens (including phenoxy) is 4. The summed E-state index contributed by atoms with van der Waals surface area (Å²) in [5.74, 6) is -2.83. The predicted octanol–water partition coefficient (Wildman–Crippen LogP) is 5.22. The molecule has 20 heteroatoms. The van der Waals surface area contributed by atoms with Crippen LogP contribution >= 0.6 is 0 Å². The second-order valence-electron chi connectivity index (χ2n) is 22.0. The number of nitrogens with one attached hydrogen (secondary N) is 4. The van der Waals surface area contributed by atoms with Crippen LogP contribution in [0.3, 0.4) is 0 Å². The van der Waals surface area contributed by atoms with E-state index in [2.05, 4.69) is 21.3 Å². The monoisotopic (exact) mass is 1190 g/mol. The summed E-state index contributed by atoms with van der Waals surface area (Å²) in [4.78, 5) is 82.1. The quantitative estimate of drug-likeness (QED) is 0.124. The van der Waals surface area contributed by atoms with Gasteiger partial charge in [0.15, 0.2) is 13.1 Å². The van der Waals surface area contributed by atoms with Gasteiger partial charge in [0, 0.05) is 112 Å². The fraction of sp³-hybridized carbons (Fsp3) is 0.294. The molecule has 22 aliphatic heterocycles. The largest absolute Gasteiger partial charge is 0.506 e. The molecule has 456 valence electrons. The van der Waals surface area contributed by atoms with Gasteiger partial charge in [0.05, 0.1) is 84.7 Å². The molecule has 24 aliphatic rings. The summed E-state index contributed by atoms with van der Waals surface area (Å²) < 4.78 is 28.2. The molecule has 22 heterocycles. The van der Waals surface area contributed by atoms with Gasteiger partial charge in [0.2, 0.25) is 45.9 Å². The highest BCUT2D eigenvalue weighted by molar-refractivity contribution is 6.53. The lowest BCUT2D eigenvalue weighted by Gasteiger charge is -2.26. The Morgan fingerprint density at radius 2 is 0.739 bits per heavy atom. The van der Waals surface area contributed by atoms with Gasteiger partial charge in [-0.2, -0.15) is 0 Å². The average molecular weight is 1200 g/mol. The molecule has 0 saturated heterocycles. The molecule has 0 atom stereocenters. The lowest BCUT2D eigenvalue weighted by atomic mass is 9.81. The van der Waals surface area contributed by atoms with Crippen molar-refractivity contribution in [2.75, 3.05) is 112 Å². The molecule has 6 aromatic carbocycles. The fourth-order valence-corrected chi connectivity index (χ4v) is 10.5. The topological polar surface area (TPSA) is 240 Å². The van der Waals surface area contributed by atoms with Crippen LogP contribution in [0.4, 0.5) is 34.1 Å². The van der Waals surface area contributed by atoms with Crippen LogP contribution in [0, 0.1) is 0 Å². The maximum absolute atomic E-state index is 14.1. The summed E-state index contributed by atoms with van der Waals surface area (Å²) >= 11 is 0. The van der Waals surface area contributed by atoms with Crippen molar-refractivity contribution >= 4 is 91.6 Å². The molecular formula is C68H74N8O12+2. The highest BCUT2D eigenvalue weighted by atomic mass is 16.5. The summed E-state index contributed by atoms with van der Waals surface area (Å²) in [6.07, 6.45) is 0. The number of nitrogens with zero attached hydrogens (tertiary/aromatic N) is 4. The number of carbonyl (C=O) groups is 6. The second-order valence-corrected chi connectivity index (χ2v) is 22.0. The fourth-order valence-electron chi connectivity index (χ4n) is 10.5. The minimum Gasteiger partial charge on any atom is -0.506 e. The number of ketones is 2. The Morgan fingerprint density at radius 1 is 0.420 bits per heavy atom. The number of aliphatic hydroxyl groups is 2. The summed E-state index contributed by atoms with van der Waals surface area (Å²) in [5.41, 5.74) is 7.62. The second kappa shape index (κ2) is 28.3. The lowest BCUT2D eigenvalue weighted by molar-refractivity contribution is -0.115. The number of anilines is 6. The van der Waals surface area contributed by atoms with Gasteiger partial charge in [-0.3, -0.25) is 28.8 Å². The maximum Gasteiger partial charge on any atom is 0.221 e. The molecule has 2 aliphatic carbocycles. The average Bonchev–Trinajstić information content (AvgIpc) is 1.27. The highest BCUT2D eigenvalue weighted by Gasteiger charge is 2.39. The molecule has 0 aromatic heterocycles. The van der Waals surface area contributed by atoms with Crippen LogP contribution in [0.1, 0.15) is 61.1 Å². The normalized spacial score (nSPS) is 18.5. The van der Waals surface area contributed by atoms with E-state index in [9.17, 15) is 39.0 Å². The Labute approximate surface area is 510 Å². The van der Waals surface area contributed by atoms with Gasteiger partial charge in [-0.25, -0.2) is 9.15 Å². The minimum absolute atomic E-state index is 0.0445. The number of rotatable bonds is 4. The Balaban J connectivity index is 0.952. The zero-order chi connectivity index (χ0) is 62.8. The van der Waals surface area contributed by atoms with Crippen molar-refractivity contribution in [3.63, 3.8) is 0 Å². The number of allylic oxidation sites excluding steroid dienone is 4. The first-order valence-electron chi connectivity index (χ1n) is 28.9. The van der Waals surface area contributed by atoms with E-state index in [-0.39, 0.29) is 57.4 Å². The number of aliphatic hydroxyl groups excluding tert-OH is 2. The van der Waals surface area contributed by atoms with Gasteiger partial charge in [-0.15, -0.1) is 0 Å². The molecule has 4 amide bonds. The van der Waals surface area contributed by atoms with E-state index in [1.165, 1.54) is 27.7 Å². The number of benzene rings is 6. The number of amides is 4. The Kier molecular flexibility index (Phi) is 20.2. The highest BCUT2D eigenvalue weighted by Crippen LogP contribution is 2.42. The first-order valence-corrected chi connectivity index (χ1v) is 28.9. The zero-order valence-corrected chi connectivity index (χ0v) is 50.8. The molecule has 0 fully saturated rings. The number of carbonyl (C=O) groups excluding carboxylic acids is 6. The van der Waals surface area contributed by atoms with Gasteiger partial charge >= 0.3 is 0 Å². The molecular weight excluding hydrogens is 1120 g/mol. The number of likely N-dealkylation sites (N-methyl/N-ethyl adjacent to an activating group) is 4. The van der Waals surface area contributed by atoms with Gasteiger partial charge in [0.1, 0.15) is 38.8 Å². The first kappa shape index (κ1) is 62.9. The molecule has 20 nitrogen and oxygen atoms in total. The molecule has 88 heavy (non-hydrogen) atoms. The smallest absolute Gasteiger partial charge is 0.221 e. The zero-order valence-electron chi connectivity index (χ0n) is 50.8. The van der Waals surface area contributed by atoms with Crippen molar-refractivity contribution in [3.05, 3.63) is 187 Å². The number of hydrogen-bond donors (Lipinski definition) is 6. The molecule has 6 N–H and O–H groups in total. The van der Waals surface area contributed by atoms with E-state index in [1.54, 1.807) is 48.5 Å². The van der Waals surface area contributed by atoms with Crippen molar-refractivity contribution in [1.82, 2.24) is 9.15 Å². The standard InChI is InChI=1S/C68H72N8O12/c1-41(77)69-57-33-49-17-21-53(57)61-65(81)62(66(61)82)54-22-18-50(34-58(54)70-42(2)78)74(6)26-30-86-39-47-13-15-48(16-14-47)40-88-32-28-76(8)52-20-24-56(60(36-52)72-44(4)80)64-67(83)63(68(64)84)55-23-19-51(35-59(55)71-43(3)79)75(7)27-31-87-38-46-11-9-45(10-12-46)37-85-29-25-73(49)5/h9-24,33-36H,25-32,37-40H2,1-8H3,(H4,69,70,71,72,77,78,79,80,81,82,83,84)/p+2. The van der Waals surface area contributed by atoms with Crippen LogP contribution in [-0.4, -0.2) is 126 Å². The lowest BCUT2D eigenvalue weighted by Crippen LogP contribution is -2.34. The Bertz CT molecular complexity index is 3820. The summed E-state index contributed by atoms with van der Waals surface area (Å²) in [7, 11) is 7.55.